The Hall–Kier alpha value is -0.860. The van der Waals surface area contributed by atoms with Gasteiger partial charge in [0.15, 0.2) is 0 Å². The molecule has 2 heteroatoms. The van der Waals surface area contributed by atoms with Crippen LogP contribution < -0.4 is 5.32 Å². The van der Waals surface area contributed by atoms with Crippen LogP contribution in [0.3, 0.4) is 0 Å². The number of hydrogen-bond acceptors (Lipinski definition) is 2. The lowest BCUT2D eigenvalue weighted by molar-refractivity contribution is 0.276. The van der Waals surface area contributed by atoms with E-state index in [1.54, 1.807) is 5.56 Å². The first-order valence-corrected chi connectivity index (χ1v) is 7.31. The summed E-state index contributed by atoms with van der Waals surface area (Å²) in [6.45, 7) is 6.81. The molecule has 0 bridgehead atoms. The standard InChI is InChI=1S/C16H26N2/c1-3-4-5-6-9-18-12-15-8-7-14(11-17-2)10-16(15)13-18/h7-8,10,17H,3-6,9,11-13H2,1-2H3. The van der Waals surface area contributed by atoms with Crippen LogP contribution in [0.1, 0.15) is 49.3 Å². The van der Waals surface area contributed by atoms with Crippen molar-refractivity contribution in [1.82, 2.24) is 10.2 Å². The molecule has 0 aromatic heterocycles. The molecule has 1 aliphatic heterocycles. The van der Waals surface area contributed by atoms with Gasteiger partial charge in [0.25, 0.3) is 0 Å². The van der Waals surface area contributed by atoms with Crippen LogP contribution in [0.5, 0.6) is 0 Å². The van der Waals surface area contributed by atoms with E-state index >= 15 is 0 Å². The molecule has 0 aliphatic carbocycles. The summed E-state index contributed by atoms with van der Waals surface area (Å²) in [4.78, 5) is 2.59. The van der Waals surface area contributed by atoms with Crippen molar-refractivity contribution in [3.63, 3.8) is 0 Å². The summed E-state index contributed by atoms with van der Waals surface area (Å²) < 4.78 is 0. The fourth-order valence-corrected chi connectivity index (χ4v) is 2.75. The summed E-state index contributed by atoms with van der Waals surface area (Å²) in [5, 5.41) is 3.22. The zero-order chi connectivity index (χ0) is 12.8. The van der Waals surface area contributed by atoms with Crippen LogP contribution in [0.15, 0.2) is 18.2 Å². The zero-order valence-electron chi connectivity index (χ0n) is 11.8. The first-order valence-electron chi connectivity index (χ1n) is 7.31. The van der Waals surface area contributed by atoms with Crippen molar-refractivity contribution >= 4 is 0 Å². The van der Waals surface area contributed by atoms with Crippen LogP contribution in [-0.2, 0) is 19.6 Å². The van der Waals surface area contributed by atoms with Crippen LogP contribution in [0.2, 0.25) is 0 Å². The number of fused-ring (bicyclic) bond motifs is 1. The van der Waals surface area contributed by atoms with E-state index in [2.05, 4.69) is 35.3 Å². The third-order valence-electron chi connectivity index (χ3n) is 3.77. The van der Waals surface area contributed by atoms with E-state index < -0.39 is 0 Å². The molecule has 1 heterocycles. The van der Waals surface area contributed by atoms with Gasteiger partial charge in [0.2, 0.25) is 0 Å². The van der Waals surface area contributed by atoms with Gasteiger partial charge >= 0.3 is 0 Å². The van der Waals surface area contributed by atoms with Crippen molar-refractivity contribution in [2.75, 3.05) is 13.6 Å². The van der Waals surface area contributed by atoms with Gasteiger partial charge < -0.3 is 5.32 Å². The highest BCUT2D eigenvalue weighted by molar-refractivity contribution is 5.34. The molecule has 0 spiro atoms. The Labute approximate surface area is 111 Å². The Kier molecular flexibility index (Phi) is 5.21. The highest BCUT2D eigenvalue weighted by atomic mass is 15.1. The van der Waals surface area contributed by atoms with E-state index in [-0.39, 0.29) is 0 Å². The lowest BCUT2D eigenvalue weighted by Crippen LogP contribution is -2.17. The van der Waals surface area contributed by atoms with Crippen molar-refractivity contribution in [3.8, 4) is 0 Å². The minimum atomic E-state index is 0.976. The van der Waals surface area contributed by atoms with E-state index in [0.717, 1.165) is 19.6 Å². The number of benzene rings is 1. The molecule has 1 aromatic rings. The molecule has 18 heavy (non-hydrogen) atoms. The summed E-state index contributed by atoms with van der Waals surface area (Å²) in [5.41, 5.74) is 4.48. The third-order valence-corrected chi connectivity index (χ3v) is 3.77. The minimum Gasteiger partial charge on any atom is -0.316 e. The van der Waals surface area contributed by atoms with Gasteiger partial charge in [0.1, 0.15) is 0 Å². The van der Waals surface area contributed by atoms with Gasteiger partial charge in [0.05, 0.1) is 0 Å². The van der Waals surface area contributed by atoms with Gasteiger partial charge in [-0.2, -0.15) is 0 Å². The monoisotopic (exact) mass is 246 g/mol. The summed E-state index contributed by atoms with van der Waals surface area (Å²) in [5.74, 6) is 0. The van der Waals surface area contributed by atoms with Gasteiger partial charge in [-0.05, 0) is 36.7 Å². The van der Waals surface area contributed by atoms with E-state index in [4.69, 9.17) is 0 Å². The molecule has 0 saturated carbocycles. The molecule has 1 aliphatic rings. The smallest absolute Gasteiger partial charge is 0.0240 e. The predicted molar refractivity (Wildman–Crippen MR) is 77.5 cm³/mol. The Morgan fingerprint density at radius 3 is 2.72 bits per heavy atom. The fourth-order valence-electron chi connectivity index (χ4n) is 2.75. The molecule has 0 amide bonds. The van der Waals surface area contributed by atoms with Crippen molar-refractivity contribution in [1.29, 1.82) is 0 Å². The van der Waals surface area contributed by atoms with Crippen LogP contribution in [0.4, 0.5) is 0 Å². The second-order valence-corrected chi connectivity index (χ2v) is 5.40. The zero-order valence-corrected chi connectivity index (χ0v) is 11.8. The normalized spacial score (nSPS) is 15.0. The number of hydrogen-bond donors (Lipinski definition) is 1. The Bertz CT molecular complexity index is 373. The molecular weight excluding hydrogens is 220 g/mol. The molecular formula is C16H26N2. The maximum Gasteiger partial charge on any atom is 0.0240 e. The van der Waals surface area contributed by atoms with E-state index in [1.165, 1.54) is 43.4 Å². The summed E-state index contributed by atoms with van der Waals surface area (Å²) in [7, 11) is 2.01. The average Bonchev–Trinajstić information content (AvgIpc) is 2.77. The Morgan fingerprint density at radius 1 is 1.11 bits per heavy atom. The summed E-state index contributed by atoms with van der Waals surface area (Å²) in [6.07, 6.45) is 5.44. The van der Waals surface area contributed by atoms with Crippen molar-refractivity contribution in [2.24, 2.45) is 0 Å². The maximum absolute atomic E-state index is 3.22. The minimum absolute atomic E-state index is 0.976. The summed E-state index contributed by atoms with van der Waals surface area (Å²) >= 11 is 0. The van der Waals surface area contributed by atoms with Crippen LogP contribution >= 0.6 is 0 Å². The van der Waals surface area contributed by atoms with Gasteiger partial charge in [-0.1, -0.05) is 44.4 Å². The first-order chi connectivity index (χ1) is 8.83. The molecule has 1 N–H and O–H groups in total. The lowest BCUT2D eigenvalue weighted by Gasteiger charge is -2.13. The van der Waals surface area contributed by atoms with Crippen molar-refractivity contribution < 1.29 is 0 Å². The van der Waals surface area contributed by atoms with Crippen molar-refractivity contribution in [2.45, 2.75) is 52.2 Å². The third kappa shape index (κ3) is 3.56. The first kappa shape index (κ1) is 13.6. The average molecular weight is 246 g/mol. The number of rotatable bonds is 7. The quantitative estimate of drug-likeness (QED) is 0.743. The van der Waals surface area contributed by atoms with E-state index in [0.29, 0.717) is 0 Å². The second kappa shape index (κ2) is 6.91. The molecule has 100 valence electrons. The Morgan fingerprint density at radius 2 is 1.94 bits per heavy atom. The maximum atomic E-state index is 3.22. The molecule has 0 atom stereocenters. The highest BCUT2D eigenvalue weighted by Gasteiger charge is 2.18. The van der Waals surface area contributed by atoms with Crippen LogP contribution in [0, 0.1) is 0 Å². The number of unbranched alkanes of at least 4 members (excludes halogenated alkanes) is 3. The molecule has 2 rings (SSSR count). The number of nitrogens with one attached hydrogen (secondary N) is 1. The van der Waals surface area contributed by atoms with Gasteiger partial charge in [-0.3, -0.25) is 4.90 Å². The van der Waals surface area contributed by atoms with Gasteiger partial charge in [0, 0.05) is 19.6 Å². The fraction of sp³-hybridized carbons (Fsp3) is 0.625. The van der Waals surface area contributed by atoms with Crippen molar-refractivity contribution in [3.05, 3.63) is 34.9 Å². The van der Waals surface area contributed by atoms with E-state index in [9.17, 15) is 0 Å². The SMILES string of the molecule is CCCCCCN1Cc2ccc(CNC)cc2C1. The summed E-state index contributed by atoms with van der Waals surface area (Å²) in [6, 6.07) is 6.95. The van der Waals surface area contributed by atoms with Crippen LogP contribution in [0.25, 0.3) is 0 Å². The number of nitrogens with zero attached hydrogens (tertiary/aromatic N) is 1. The molecule has 0 unspecified atom stereocenters. The van der Waals surface area contributed by atoms with E-state index in [1.807, 2.05) is 7.05 Å². The molecule has 0 radical (unpaired) electrons. The lowest BCUT2D eigenvalue weighted by atomic mass is 10.1. The Balaban J connectivity index is 1.83. The van der Waals surface area contributed by atoms with Gasteiger partial charge in [-0.15, -0.1) is 0 Å². The molecule has 2 nitrogen and oxygen atoms in total. The highest BCUT2D eigenvalue weighted by Crippen LogP contribution is 2.24. The topological polar surface area (TPSA) is 15.3 Å². The van der Waals surface area contributed by atoms with Gasteiger partial charge in [-0.25, -0.2) is 0 Å². The molecule has 0 fully saturated rings. The van der Waals surface area contributed by atoms with Crippen LogP contribution in [-0.4, -0.2) is 18.5 Å². The second-order valence-electron chi connectivity index (χ2n) is 5.40. The molecule has 1 aromatic carbocycles. The molecule has 0 saturated heterocycles. The largest absolute Gasteiger partial charge is 0.316 e. The predicted octanol–water partition coefficient (Wildman–Crippen LogP) is 3.30.